The second kappa shape index (κ2) is 6.32. The number of halogens is 3. The van der Waals surface area contributed by atoms with Crippen LogP contribution in [0.25, 0.3) is 0 Å². The van der Waals surface area contributed by atoms with E-state index in [2.05, 4.69) is 4.98 Å². The molecule has 21 heavy (non-hydrogen) atoms. The summed E-state index contributed by atoms with van der Waals surface area (Å²) in [4.78, 5) is 15.4. The fourth-order valence-corrected chi connectivity index (χ4v) is 2.32. The summed E-state index contributed by atoms with van der Waals surface area (Å²) in [5.74, 6) is -1.26. The number of carbonyl (C=O) groups is 1. The van der Waals surface area contributed by atoms with Crippen molar-refractivity contribution in [1.29, 1.82) is 0 Å². The lowest BCUT2D eigenvalue weighted by atomic mass is 9.95. The molecule has 0 aromatic carbocycles. The van der Waals surface area contributed by atoms with Crippen LogP contribution in [0.2, 0.25) is 0 Å². The largest absolute Gasteiger partial charge is 0.477 e. The third-order valence-corrected chi connectivity index (χ3v) is 3.34. The van der Waals surface area contributed by atoms with Gasteiger partial charge >= 0.3 is 12.1 Å². The maximum atomic E-state index is 12.0. The fraction of sp³-hybridized carbons (Fsp3) is 0.571. The number of hydrogen-bond acceptors (Lipinski definition) is 3. The number of nitrogens with zero attached hydrogens (tertiary/aromatic N) is 1. The van der Waals surface area contributed by atoms with Gasteiger partial charge in [0.2, 0.25) is 5.88 Å². The van der Waals surface area contributed by atoms with E-state index >= 15 is 0 Å². The van der Waals surface area contributed by atoms with E-state index in [0.29, 0.717) is 0 Å². The zero-order valence-electron chi connectivity index (χ0n) is 11.4. The minimum absolute atomic E-state index is 0.0784. The molecule has 0 amide bonds. The minimum atomic E-state index is -4.23. The second-order valence-corrected chi connectivity index (χ2v) is 5.03. The predicted molar refractivity (Wildman–Crippen MR) is 68.6 cm³/mol. The van der Waals surface area contributed by atoms with Gasteiger partial charge in [0.1, 0.15) is 5.56 Å². The highest BCUT2D eigenvalue weighted by atomic mass is 19.4. The Morgan fingerprint density at radius 1 is 1.33 bits per heavy atom. The molecule has 0 unspecified atom stereocenters. The fourth-order valence-electron chi connectivity index (χ4n) is 2.32. The van der Waals surface area contributed by atoms with Crippen molar-refractivity contribution in [1.82, 2.24) is 4.98 Å². The second-order valence-electron chi connectivity index (χ2n) is 5.03. The molecule has 1 aromatic rings. The first kappa shape index (κ1) is 15.6. The van der Waals surface area contributed by atoms with Gasteiger partial charge in [0.05, 0.1) is 6.61 Å². The van der Waals surface area contributed by atoms with Crippen molar-refractivity contribution in [2.75, 3.05) is 6.61 Å². The molecule has 1 aliphatic carbocycles. The topological polar surface area (TPSA) is 59.4 Å². The zero-order chi connectivity index (χ0) is 15.5. The monoisotopic (exact) mass is 303 g/mol. The summed E-state index contributed by atoms with van der Waals surface area (Å²) in [6.45, 7) is -0.203. The standard InChI is InChI=1S/C14H16F3NO3/c15-14(16,17)6-3-7-21-12-10(13(19)20)8-9-4-1-2-5-11(9)18-12/h8H,1-7H2,(H,19,20). The first-order chi connectivity index (χ1) is 9.87. The average molecular weight is 303 g/mol. The highest BCUT2D eigenvalue weighted by molar-refractivity contribution is 5.90. The van der Waals surface area contributed by atoms with Crippen LogP contribution in [0.1, 0.15) is 47.3 Å². The van der Waals surface area contributed by atoms with Crippen molar-refractivity contribution in [3.8, 4) is 5.88 Å². The molecular weight excluding hydrogens is 287 g/mol. The molecule has 1 N–H and O–H groups in total. The molecule has 0 aliphatic heterocycles. The summed E-state index contributed by atoms with van der Waals surface area (Å²) in [5, 5.41) is 9.15. The number of ether oxygens (including phenoxy) is 1. The third kappa shape index (κ3) is 4.34. The van der Waals surface area contributed by atoms with Crippen LogP contribution < -0.4 is 4.74 Å². The summed E-state index contributed by atoms with van der Waals surface area (Å²) in [6.07, 6.45) is -1.94. The Balaban J connectivity index is 2.08. The van der Waals surface area contributed by atoms with E-state index in [9.17, 15) is 18.0 Å². The number of hydrogen-bond donors (Lipinski definition) is 1. The molecule has 1 heterocycles. The minimum Gasteiger partial charge on any atom is -0.477 e. The van der Waals surface area contributed by atoms with E-state index in [1.54, 1.807) is 0 Å². The molecule has 0 bridgehead atoms. The van der Waals surface area contributed by atoms with E-state index in [-0.39, 0.29) is 24.5 Å². The molecule has 4 nitrogen and oxygen atoms in total. The Morgan fingerprint density at radius 3 is 2.71 bits per heavy atom. The van der Waals surface area contributed by atoms with Gasteiger partial charge < -0.3 is 9.84 Å². The summed E-state index contributed by atoms with van der Waals surface area (Å²) in [6, 6.07) is 1.53. The Morgan fingerprint density at radius 2 is 2.05 bits per heavy atom. The lowest BCUT2D eigenvalue weighted by Gasteiger charge is -2.17. The quantitative estimate of drug-likeness (QED) is 0.847. The van der Waals surface area contributed by atoms with Gasteiger partial charge in [-0.15, -0.1) is 0 Å². The van der Waals surface area contributed by atoms with Crippen molar-refractivity contribution < 1.29 is 27.8 Å². The lowest BCUT2D eigenvalue weighted by Crippen LogP contribution is -2.14. The van der Waals surface area contributed by atoms with Crippen molar-refractivity contribution in [2.24, 2.45) is 0 Å². The summed E-state index contributed by atoms with van der Waals surface area (Å²) in [7, 11) is 0. The highest BCUT2D eigenvalue weighted by Crippen LogP contribution is 2.27. The van der Waals surface area contributed by atoms with Crippen molar-refractivity contribution in [2.45, 2.75) is 44.7 Å². The number of fused-ring (bicyclic) bond motifs is 1. The van der Waals surface area contributed by atoms with Gasteiger partial charge in [-0.3, -0.25) is 0 Å². The Kier molecular flexibility index (Phi) is 4.69. The van der Waals surface area contributed by atoms with E-state index < -0.39 is 18.6 Å². The Hall–Kier alpha value is -1.79. The number of carboxylic acid groups (broad SMARTS) is 1. The molecule has 0 spiro atoms. The van der Waals surface area contributed by atoms with Gasteiger partial charge in [-0.2, -0.15) is 13.2 Å². The number of pyridine rings is 1. The molecule has 0 radical (unpaired) electrons. The number of alkyl halides is 3. The normalized spacial score (nSPS) is 14.6. The van der Waals surface area contributed by atoms with Crippen LogP contribution >= 0.6 is 0 Å². The van der Waals surface area contributed by atoms with Crippen LogP contribution in [0.4, 0.5) is 13.2 Å². The van der Waals surface area contributed by atoms with E-state index in [4.69, 9.17) is 9.84 Å². The van der Waals surface area contributed by atoms with Gasteiger partial charge in [0.15, 0.2) is 0 Å². The van der Waals surface area contributed by atoms with Gasteiger partial charge in [-0.1, -0.05) is 0 Å². The molecule has 0 saturated carbocycles. The van der Waals surface area contributed by atoms with Gasteiger partial charge in [0, 0.05) is 12.1 Å². The number of aryl methyl sites for hydroxylation is 2. The van der Waals surface area contributed by atoms with E-state index in [1.165, 1.54) is 6.07 Å². The van der Waals surface area contributed by atoms with Gasteiger partial charge in [-0.05, 0) is 43.7 Å². The van der Waals surface area contributed by atoms with Crippen molar-refractivity contribution in [3.63, 3.8) is 0 Å². The molecule has 0 fully saturated rings. The predicted octanol–water partition coefficient (Wildman–Crippen LogP) is 3.38. The van der Waals surface area contributed by atoms with E-state index in [1.807, 2.05) is 0 Å². The molecule has 1 aromatic heterocycles. The molecule has 0 saturated heterocycles. The van der Waals surface area contributed by atoms with Crippen LogP contribution in [0.15, 0.2) is 6.07 Å². The summed E-state index contributed by atoms with van der Waals surface area (Å²) >= 11 is 0. The van der Waals surface area contributed by atoms with Gasteiger partial charge in [0.25, 0.3) is 0 Å². The van der Waals surface area contributed by atoms with Crippen LogP contribution in [0.5, 0.6) is 5.88 Å². The SMILES string of the molecule is O=C(O)c1cc2c(nc1OCCCC(F)(F)F)CCCC2. The van der Waals surface area contributed by atoms with Crippen LogP contribution in [0, 0.1) is 0 Å². The molecular formula is C14H16F3NO3. The summed E-state index contributed by atoms with van der Waals surface area (Å²) < 4.78 is 41.3. The van der Waals surface area contributed by atoms with E-state index in [0.717, 1.165) is 36.9 Å². The zero-order valence-corrected chi connectivity index (χ0v) is 11.4. The number of aromatic nitrogens is 1. The third-order valence-electron chi connectivity index (χ3n) is 3.34. The van der Waals surface area contributed by atoms with Crippen LogP contribution in [-0.4, -0.2) is 28.8 Å². The maximum Gasteiger partial charge on any atom is 0.389 e. The highest BCUT2D eigenvalue weighted by Gasteiger charge is 2.26. The first-order valence-corrected chi connectivity index (χ1v) is 6.82. The first-order valence-electron chi connectivity index (χ1n) is 6.82. The molecule has 116 valence electrons. The lowest BCUT2D eigenvalue weighted by molar-refractivity contribution is -0.136. The van der Waals surface area contributed by atoms with Crippen LogP contribution in [-0.2, 0) is 12.8 Å². The molecule has 2 rings (SSSR count). The molecule has 1 aliphatic rings. The molecule has 7 heteroatoms. The van der Waals surface area contributed by atoms with Crippen LogP contribution in [0.3, 0.4) is 0 Å². The average Bonchev–Trinajstić information content (AvgIpc) is 2.41. The Bertz CT molecular complexity index is 529. The number of carboxylic acids is 1. The summed E-state index contributed by atoms with van der Waals surface area (Å²) in [5.41, 5.74) is 1.60. The molecule has 0 atom stereocenters. The number of aromatic carboxylic acids is 1. The Labute approximate surface area is 119 Å². The smallest absolute Gasteiger partial charge is 0.389 e. The van der Waals surface area contributed by atoms with Gasteiger partial charge in [-0.25, -0.2) is 9.78 Å². The maximum absolute atomic E-state index is 12.0. The van der Waals surface area contributed by atoms with Crippen molar-refractivity contribution in [3.05, 3.63) is 22.9 Å². The van der Waals surface area contributed by atoms with Crippen molar-refractivity contribution >= 4 is 5.97 Å². The number of rotatable bonds is 5.